The largest absolute Gasteiger partial charge is 0.465 e. The lowest BCUT2D eigenvalue weighted by Gasteiger charge is -2.30. The summed E-state index contributed by atoms with van der Waals surface area (Å²) in [7, 11) is 0. The molecule has 0 aromatic carbocycles. The van der Waals surface area contributed by atoms with Crippen molar-refractivity contribution in [3.63, 3.8) is 0 Å². The maximum atomic E-state index is 12.0. The zero-order valence-electron chi connectivity index (χ0n) is 10.3. The molecule has 7 nitrogen and oxygen atoms in total. The highest BCUT2D eigenvalue weighted by Crippen LogP contribution is 2.59. The van der Waals surface area contributed by atoms with Gasteiger partial charge in [0.05, 0.1) is 0 Å². The van der Waals surface area contributed by atoms with Gasteiger partial charge < -0.3 is 19.8 Å². The molecule has 2 fully saturated rings. The summed E-state index contributed by atoms with van der Waals surface area (Å²) in [6.45, 7) is 1.03. The highest BCUT2D eigenvalue weighted by molar-refractivity contribution is 5.94. The molecule has 1 spiro atoms. The van der Waals surface area contributed by atoms with Gasteiger partial charge in [0.2, 0.25) is 5.91 Å². The van der Waals surface area contributed by atoms with E-state index in [9.17, 15) is 9.59 Å². The number of hydrogen-bond acceptors (Lipinski definition) is 4. The Morgan fingerprint density at radius 1 is 1.47 bits per heavy atom. The van der Waals surface area contributed by atoms with Crippen molar-refractivity contribution >= 4 is 17.8 Å². The van der Waals surface area contributed by atoms with Crippen molar-refractivity contribution in [1.82, 2.24) is 10.1 Å². The summed E-state index contributed by atoms with van der Waals surface area (Å²) in [4.78, 5) is 24.3. The molecule has 0 radical (unpaired) electrons. The van der Waals surface area contributed by atoms with Gasteiger partial charge in [-0.25, -0.2) is 4.79 Å². The van der Waals surface area contributed by atoms with E-state index in [-0.39, 0.29) is 17.2 Å². The predicted octanol–water partition coefficient (Wildman–Crippen LogP) is 1.39. The molecule has 3 rings (SSSR count). The van der Waals surface area contributed by atoms with Crippen LogP contribution in [0.15, 0.2) is 16.9 Å². The number of carboxylic acid groups (broad SMARTS) is 1. The van der Waals surface area contributed by atoms with Crippen LogP contribution in [0.2, 0.25) is 0 Å². The Bertz CT molecular complexity index is 491. The third-order valence-electron chi connectivity index (χ3n) is 4.23. The molecule has 2 heterocycles. The van der Waals surface area contributed by atoms with Crippen LogP contribution in [0.4, 0.5) is 10.6 Å². The van der Waals surface area contributed by atoms with Crippen LogP contribution in [0.5, 0.6) is 0 Å². The van der Waals surface area contributed by atoms with Gasteiger partial charge in [-0.15, -0.1) is 0 Å². The fourth-order valence-electron chi connectivity index (χ4n) is 2.90. The first-order valence-electron chi connectivity index (χ1n) is 6.30. The molecule has 1 aliphatic heterocycles. The Morgan fingerprint density at radius 2 is 2.21 bits per heavy atom. The van der Waals surface area contributed by atoms with Crippen LogP contribution in [0.1, 0.15) is 19.3 Å². The van der Waals surface area contributed by atoms with Gasteiger partial charge >= 0.3 is 6.09 Å². The third-order valence-corrected chi connectivity index (χ3v) is 4.23. The van der Waals surface area contributed by atoms with Crippen molar-refractivity contribution < 1.29 is 19.2 Å². The maximum Gasteiger partial charge on any atom is 0.407 e. The predicted molar refractivity (Wildman–Crippen MR) is 64.5 cm³/mol. The molecule has 1 saturated heterocycles. The number of aromatic nitrogens is 1. The second-order valence-corrected chi connectivity index (χ2v) is 5.26. The molecule has 2 aliphatic rings. The lowest BCUT2D eigenvalue weighted by Crippen LogP contribution is -2.39. The minimum Gasteiger partial charge on any atom is -0.465 e. The Labute approximate surface area is 109 Å². The van der Waals surface area contributed by atoms with E-state index in [1.165, 1.54) is 11.2 Å². The van der Waals surface area contributed by atoms with Gasteiger partial charge in [-0.1, -0.05) is 5.16 Å². The van der Waals surface area contributed by atoms with Crippen LogP contribution >= 0.6 is 0 Å². The molecule has 1 unspecified atom stereocenters. The number of carbonyl (C=O) groups is 2. The number of carbonyl (C=O) groups excluding carboxylic acids is 1. The SMILES string of the molecule is O=C(Nc1ccon1)C1CC12CCN(C(=O)O)CC2. The molecule has 1 aromatic heterocycles. The lowest BCUT2D eigenvalue weighted by atomic mass is 9.91. The fraction of sp³-hybridized carbons (Fsp3) is 0.583. The Kier molecular flexibility index (Phi) is 2.69. The van der Waals surface area contributed by atoms with Crippen molar-refractivity contribution in [2.24, 2.45) is 11.3 Å². The summed E-state index contributed by atoms with van der Waals surface area (Å²) in [5, 5.41) is 15.3. The standard InChI is InChI=1S/C12H15N3O4/c16-10(13-9-1-6-19-14-9)8-7-12(8)2-4-15(5-3-12)11(17)18/h1,6,8H,2-5,7H2,(H,17,18)(H,13,14,16). The summed E-state index contributed by atoms with van der Waals surface area (Å²) in [6, 6.07) is 1.60. The number of anilines is 1. The Balaban J connectivity index is 1.56. The normalized spacial score (nSPS) is 24.2. The molecular formula is C12H15N3O4. The van der Waals surface area contributed by atoms with E-state index in [4.69, 9.17) is 5.11 Å². The number of amides is 2. The first-order valence-corrected chi connectivity index (χ1v) is 6.30. The Hall–Kier alpha value is -2.05. The second-order valence-electron chi connectivity index (χ2n) is 5.26. The van der Waals surface area contributed by atoms with Gasteiger partial charge in [0.25, 0.3) is 0 Å². The minimum absolute atomic E-state index is 0.000229. The smallest absolute Gasteiger partial charge is 0.407 e. The van der Waals surface area contributed by atoms with Crippen molar-refractivity contribution in [1.29, 1.82) is 0 Å². The van der Waals surface area contributed by atoms with E-state index in [1.807, 2.05) is 0 Å². The summed E-state index contributed by atoms with van der Waals surface area (Å²) >= 11 is 0. The molecule has 2 N–H and O–H groups in total. The van der Waals surface area contributed by atoms with Gasteiger partial charge in [-0.2, -0.15) is 0 Å². The molecule has 19 heavy (non-hydrogen) atoms. The molecular weight excluding hydrogens is 250 g/mol. The molecule has 2 amide bonds. The number of likely N-dealkylation sites (tertiary alicyclic amines) is 1. The minimum atomic E-state index is -0.876. The number of nitrogens with zero attached hydrogens (tertiary/aromatic N) is 2. The maximum absolute atomic E-state index is 12.0. The van der Waals surface area contributed by atoms with Crippen molar-refractivity contribution in [2.75, 3.05) is 18.4 Å². The van der Waals surface area contributed by atoms with Gasteiger partial charge in [0.15, 0.2) is 5.82 Å². The molecule has 1 aromatic rings. The van der Waals surface area contributed by atoms with Crippen LogP contribution in [-0.4, -0.2) is 40.3 Å². The molecule has 1 saturated carbocycles. The van der Waals surface area contributed by atoms with Crippen molar-refractivity contribution in [3.8, 4) is 0 Å². The zero-order chi connectivity index (χ0) is 13.5. The third kappa shape index (κ3) is 2.16. The second kappa shape index (κ2) is 4.25. The van der Waals surface area contributed by atoms with Crippen LogP contribution < -0.4 is 5.32 Å². The van der Waals surface area contributed by atoms with E-state index in [0.717, 1.165) is 19.3 Å². The molecule has 0 bridgehead atoms. The van der Waals surface area contributed by atoms with Crippen molar-refractivity contribution in [3.05, 3.63) is 12.3 Å². The topological polar surface area (TPSA) is 95.7 Å². The Morgan fingerprint density at radius 3 is 2.79 bits per heavy atom. The lowest BCUT2D eigenvalue weighted by molar-refractivity contribution is -0.118. The van der Waals surface area contributed by atoms with Gasteiger partial charge in [0.1, 0.15) is 6.26 Å². The quantitative estimate of drug-likeness (QED) is 0.842. The molecule has 1 aliphatic carbocycles. The number of piperidine rings is 1. The first-order chi connectivity index (χ1) is 9.11. The molecule has 1 atom stereocenters. The summed E-state index contributed by atoms with van der Waals surface area (Å²) in [5.41, 5.74) is -0.000229. The van der Waals surface area contributed by atoms with Gasteiger partial charge in [-0.05, 0) is 24.7 Å². The van der Waals surface area contributed by atoms with Crippen LogP contribution in [0.3, 0.4) is 0 Å². The average molecular weight is 265 g/mol. The van der Waals surface area contributed by atoms with Crippen LogP contribution in [-0.2, 0) is 4.79 Å². The number of nitrogens with one attached hydrogen (secondary N) is 1. The van der Waals surface area contributed by atoms with Crippen LogP contribution in [0.25, 0.3) is 0 Å². The van der Waals surface area contributed by atoms with E-state index < -0.39 is 6.09 Å². The molecule has 7 heteroatoms. The zero-order valence-corrected chi connectivity index (χ0v) is 10.3. The van der Waals surface area contributed by atoms with Crippen LogP contribution in [0, 0.1) is 11.3 Å². The van der Waals surface area contributed by atoms with E-state index in [1.54, 1.807) is 6.07 Å². The van der Waals surface area contributed by atoms with Crippen molar-refractivity contribution in [2.45, 2.75) is 19.3 Å². The van der Waals surface area contributed by atoms with Gasteiger partial charge in [-0.3, -0.25) is 4.79 Å². The number of rotatable bonds is 2. The first kappa shape index (κ1) is 12.0. The van der Waals surface area contributed by atoms with E-state index in [0.29, 0.717) is 18.9 Å². The van der Waals surface area contributed by atoms with E-state index >= 15 is 0 Å². The highest BCUT2D eigenvalue weighted by Gasteiger charge is 2.58. The number of hydrogen-bond donors (Lipinski definition) is 2. The average Bonchev–Trinajstić information content (AvgIpc) is 2.84. The van der Waals surface area contributed by atoms with Gasteiger partial charge in [0, 0.05) is 25.1 Å². The van der Waals surface area contributed by atoms with E-state index in [2.05, 4.69) is 15.0 Å². The summed E-state index contributed by atoms with van der Waals surface area (Å²) in [6.07, 6.45) is 2.89. The summed E-state index contributed by atoms with van der Waals surface area (Å²) < 4.78 is 4.66. The summed E-state index contributed by atoms with van der Waals surface area (Å²) in [5.74, 6) is 0.354. The highest BCUT2D eigenvalue weighted by atomic mass is 16.5. The monoisotopic (exact) mass is 265 g/mol. The fourth-order valence-corrected chi connectivity index (χ4v) is 2.90. The molecule has 102 valence electrons.